The third kappa shape index (κ3) is 2.66. The first-order valence-corrected chi connectivity index (χ1v) is 5.04. The largest absolute Gasteiger partial charge is 0.439 e. The fourth-order valence-corrected chi connectivity index (χ4v) is 1.36. The van der Waals surface area contributed by atoms with Gasteiger partial charge in [-0.05, 0) is 36.8 Å². The van der Waals surface area contributed by atoms with Gasteiger partial charge >= 0.3 is 0 Å². The number of carbonyl (C=O) groups is 1. The van der Waals surface area contributed by atoms with Crippen LogP contribution in [-0.4, -0.2) is 11.3 Å². The van der Waals surface area contributed by atoms with Crippen molar-refractivity contribution in [3.63, 3.8) is 0 Å². The molecule has 0 bridgehead atoms. The summed E-state index contributed by atoms with van der Waals surface area (Å²) in [5.74, 6) is 0.599. The van der Waals surface area contributed by atoms with Crippen molar-refractivity contribution in [2.24, 2.45) is 0 Å². The zero-order valence-electron chi connectivity index (χ0n) is 9.18. The van der Waals surface area contributed by atoms with Gasteiger partial charge in [0.2, 0.25) is 5.88 Å². The Morgan fingerprint density at radius 1 is 1.29 bits per heavy atom. The van der Waals surface area contributed by atoms with Crippen LogP contribution in [0.2, 0.25) is 0 Å². The fourth-order valence-electron chi connectivity index (χ4n) is 1.36. The Kier molecular flexibility index (Phi) is 3.14. The minimum Gasteiger partial charge on any atom is -0.439 e. The highest BCUT2D eigenvalue weighted by atomic mass is 19.1. The van der Waals surface area contributed by atoms with Gasteiger partial charge in [-0.3, -0.25) is 4.79 Å². The molecule has 1 heterocycles. The number of hydrogen-bond donors (Lipinski definition) is 0. The third-order valence-corrected chi connectivity index (χ3v) is 2.25. The Morgan fingerprint density at radius 3 is 2.71 bits per heavy atom. The molecule has 0 atom stereocenters. The second kappa shape index (κ2) is 4.74. The highest BCUT2D eigenvalue weighted by Crippen LogP contribution is 2.23. The van der Waals surface area contributed by atoms with E-state index in [1.54, 1.807) is 25.1 Å². The van der Waals surface area contributed by atoms with Crippen molar-refractivity contribution in [3.8, 4) is 11.6 Å². The van der Waals surface area contributed by atoms with Crippen molar-refractivity contribution in [3.05, 3.63) is 53.5 Å². The van der Waals surface area contributed by atoms with Gasteiger partial charge < -0.3 is 4.74 Å². The summed E-state index contributed by atoms with van der Waals surface area (Å²) in [5, 5.41) is 0. The van der Waals surface area contributed by atoms with E-state index in [4.69, 9.17) is 4.74 Å². The number of aldehydes is 1. The predicted octanol–water partition coefficient (Wildman–Crippen LogP) is 3.13. The summed E-state index contributed by atoms with van der Waals surface area (Å²) in [4.78, 5) is 14.4. The molecule has 0 amide bonds. The number of aromatic nitrogens is 1. The van der Waals surface area contributed by atoms with Gasteiger partial charge in [0.15, 0.2) is 6.29 Å². The second-order valence-electron chi connectivity index (χ2n) is 3.56. The Hall–Kier alpha value is -2.23. The van der Waals surface area contributed by atoms with Crippen LogP contribution in [0.4, 0.5) is 4.39 Å². The Balaban J connectivity index is 2.22. The van der Waals surface area contributed by atoms with Crippen molar-refractivity contribution >= 4 is 6.29 Å². The maximum Gasteiger partial charge on any atom is 0.219 e. The summed E-state index contributed by atoms with van der Waals surface area (Å²) in [5.41, 5.74) is 1.17. The first kappa shape index (κ1) is 11.3. The van der Waals surface area contributed by atoms with E-state index < -0.39 is 0 Å². The van der Waals surface area contributed by atoms with Gasteiger partial charge in [0.1, 0.15) is 11.6 Å². The van der Waals surface area contributed by atoms with Crippen LogP contribution in [0.5, 0.6) is 11.6 Å². The summed E-state index contributed by atoms with van der Waals surface area (Å²) >= 11 is 0. The minimum absolute atomic E-state index is 0.306. The molecule has 2 rings (SSSR count). The Bertz CT molecular complexity index is 538. The lowest BCUT2D eigenvalue weighted by atomic mass is 10.2. The molecule has 0 aliphatic carbocycles. The second-order valence-corrected chi connectivity index (χ2v) is 3.56. The van der Waals surface area contributed by atoms with Gasteiger partial charge in [0.25, 0.3) is 0 Å². The molecule has 3 nitrogen and oxygen atoms in total. The highest BCUT2D eigenvalue weighted by molar-refractivity contribution is 5.74. The number of nitrogens with zero attached hydrogens (tertiary/aromatic N) is 1. The van der Waals surface area contributed by atoms with E-state index in [0.29, 0.717) is 29.0 Å². The number of rotatable bonds is 3. The van der Waals surface area contributed by atoms with Crippen molar-refractivity contribution in [1.82, 2.24) is 4.98 Å². The van der Waals surface area contributed by atoms with Crippen LogP contribution >= 0.6 is 0 Å². The molecular formula is C13H10FNO2. The van der Waals surface area contributed by atoms with E-state index >= 15 is 0 Å². The molecule has 86 valence electrons. The summed E-state index contributed by atoms with van der Waals surface area (Å²) in [6.45, 7) is 1.75. The van der Waals surface area contributed by atoms with Gasteiger partial charge in [-0.15, -0.1) is 0 Å². The zero-order valence-corrected chi connectivity index (χ0v) is 9.18. The molecule has 0 fully saturated rings. The van der Waals surface area contributed by atoms with Gasteiger partial charge in [-0.2, -0.15) is 0 Å². The summed E-state index contributed by atoms with van der Waals surface area (Å²) in [6.07, 6.45) is 2.13. The van der Waals surface area contributed by atoms with Crippen LogP contribution in [0, 0.1) is 12.7 Å². The standard InChI is InChI=1S/C13H10FNO2/c1-9-6-11(14)3-4-12(9)17-13-5-2-10(8-16)7-15-13/h2-8H,1H3. The number of halogens is 1. The van der Waals surface area contributed by atoms with E-state index in [9.17, 15) is 9.18 Å². The molecule has 0 aliphatic heterocycles. The number of benzene rings is 1. The van der Waals surface area contributed by atoms with E-state index in [0.717, 1.165) is 0 Å². The van der Waals surface area contributed by atoms with Gasteiger partial charge in [0, 0.05) is 17.8 Å². The zero-order chi connectivity index (χ0) is 12.3. The number of pyridine rings is 1. The van der Waals surface area contributed by atoms with Crippen molar-refractivity contribution in [2.45, 2.75) is 6.92 Å². The van der Waals surface area contributed by atoms with Gasteiger partial charge in [0.05, 0.1) is 0 Å². The van der Waals surface area contributed by atoms with E-state index in [2.05, 4.69) is 4.98 Å². The molecule has 0 N–H and O–H groups in total. The van der Waals surface area contributed by atoms with Gasteiger partial charge in [-0.1, -0.05) is 0 Å². The molecule has 0 radical (unpaired) electrons. The number of ether oxygens (including phenoxy) is 1. The molecule has 17 heavy (non-hydrogen) atoms. The maximum absolute atomic E-state index is 12.9. The van der Waals surface area contributed by atoms with Crippen LogP contribution in [-0.2, 0) is 0 Å². The molecule has 1 aromatic heterocycles. The SMILES string of the molecule is Cc1cc(F)ccc1Oc1ccc(C=O)cn1. The predicted molar refractivity (Wildman–Crippen MR) is 60.8 cm³/mol. The molecule has 0 aliphatic rings. The van der Waals surface area contributed by atoms with E-state index in [1.165, 1.54) is 18.3 Å². The van der Waals surface area contributed by atoms with Crippen molar-refractivity contribution < 1.29 is 13.9 Å². The number of aryl methyl sites for hydroxylation is 1. The lowest BCUT2D eigenvalue weighted by Gasteiger charge is -2.07. The van der Waals surface area contributed by atoms with Crippen LogP contribution < -0.4 is 4.74 Å². The molecule has 4 heteroatoms. The summed E-state index contributed by atoms with van der Waals surface area (Å²) in [7, 11) is 0. The molecule has 0 saturated carbocycles. The minimum atomic E-state index is -0.306. The Labute approximate surface area is 97.9 Å². The van der Waals surface area contributed by atoms with E-state index in [1.807, 2.05) is 0 Å². The monoisotopic (exact) mass is 231 g/mol. The average Bonchev–Trinajstić information content (AvgIpc) is 2.34. The third-order valence-electron chi connectivity index (χ3n) is 2.25. The topological polar surface area (TPSA) is 39.2 Å². The average molecular weight is 231 g/mol. The molecule has 0 unspecified atom stereocenters. The molecular weight excluding hydrogens is 221 g/mol. The smallest absolute Gasteiger partial charge is 0.219 e. The maximum atomic E-state index is 12.9. The first-order valence-electron chi connectivity index (χ1n) is 5.04. The number of hydrogen-bond acceptors (Lipinski definition) is 3. The normalized spacial score (nSPS) is 10.0. The highest BCUT2D eigenvalue weighted by Gasteiger charge is 2.03. The lowest BCUT2D eigenvalue weighted by Crippen LogP contribution is -1.91. The molecule has 0 spiro atoms. The summed E-state index contributed by atoms with van der Waals surface area (Å²) < 4.78 is 18.3. The summed E-state index contributed by atoms with van der Waals surface area (Å²) in [6, 6.07) is 7.44. The fraction of sp³-hybridized carbons (Fsp3) is 0.0769. The van der Waals surface area contributed by atoms with Crippen LogP contribution in [0.15, 0.2) is 36.5 Å². The molecule has 1 aromatic carbocycles. The Morgan fingerprint density at radius 2 is 2.12 bits per heavy atom. The van der Waals surface area contributed by atoms with E-state index in [-0.39, 0.29) is 5.82 Å². The molecule has 2 aromatic rings. The molecule has 0 saturated heterocycles. The quantitative estimate of drug-likeness (QED) is 0.762. The van der Waals surface area contributed by atoms with Crippen LogP contribution in [0.1, 0.15) is 15.9 Å². The van der Waals surface area contributed by atoms with Crippen LogP contribution in [0.3, 0.4) is 0 Å². The van der Waals surface area contributed by atoms with Crippen molar-refractivity contribution in [1.29, 1.82) is 0 Å². The number of carbonyl (C=O) groups excluding carboxylic acids is 1. The first-order chi connectivity index (χ1) is 8.19. The van der Waals surface area contributed by atoms with Crippen LogP contribution in [0.25, 0.3) is 0 Å². The van der Waals surface area contributed by atoms with Gasteiger partial charge in [-0.25, -0.2) is 9.37 Å². The lowest BCUT2D eigenvalue weighted by molar-refractivity contribution is 0.112. The van der Waals surface area contributed by atoms with Crippen molar-refractivity contribution in [2.75, 3.05) is 0 Å².